The van der Waals surface area contributed by atoms with E-state index in [0.29, 0.717) is 0 Å². The van der Waals surface area contributed by atoms with Crippen LogP contribution in [0.5, 0.6) is 0 Å². The van der Waals surface area contributed by atoms with Crippen LogP contribution in [0.15, 0.2) is 24.5 Å². The Labute approximate surface area is 83.4 Å². The quantitative estimate of drug-likeness (QED) is 0.684. The van der Waals surface area contributed by atoms with E-state index < -0.39 is 0 Å². The molecule has 0 unspecified atom stereocenters. The van der Waals surface area contributed by atoms with Gasteiger partial charge in [-0.25, -0.2) is 0 Å². The first-order valence-electron chi connectivity index (χ1n) is 4.60. The van der Waals surface area contributed by atoms with Gasteiger partial charge in [0.05, 0.1) is 5.69 Å². The zero-order chi connectivity index (χ0) is 10.1. The lowest BCUT2D eigenvalue weighted by Gasteiger charge is -1.96. The molecule has 72 valence electrons. The van der Waals surface area contributed by atoms with E-state index in [9.17, 15) is 0 Å². The van der Waals surface area contributed by atoms with E-state index in [-0.39, 0.29) is 0 Å². The normalized spacial score (nSPS) is 10.5. The van der Waals surface area contributed by atoms with E-state index in [1.807, 2.05) is 30.1 Å². The van der Waals surface area contributed by atoms with Gasteiger partial charge in [-0.3, -0.25) is 9.67 Å². The van der Waals surface area contributed by atoms with Crippen LogP contribution >= 0.6 is 0 Å². The van der Waals surface area contributed by atoms with Gasteiger partial charge in [-0.05, 0) is 31.5 Å². The monoisotopic (exact) mass is 187 g/mol. The Morgan fingerprint density at radius 2 is 2.07 bits per heavy atom. The van der Waals surface area contributed by atoms with Crippen LogP contribution in [0.3, 0.4) is 0 Å². The van der Waals surface area contributed by atoms with Crippen molar-refractivity contribution in [2.45, 2.75) is 13.8 Å². The summed E-state index contributed by atoms with van der Waals surface area (Å²) < 4.78 is 1.90. The fraction of sp³-hybridized carbons (Fsp3) is 0.273. The summed E-state index contributed by atoms with van der Waals surface area (Å²) in [7, 11) is 1.96. The first kappa shape index (κ1) is 8.94. The highest BCUT2D eigenvalue weighted by Gasteiger charge is 2.09. The fourth-order valence-electron chi connectivity index (χ4n) is 1.49. The van der Waals surface area contributed by atoms with E-state index in [1.165, 1.54) is 11.3 Å². The van der Waals surface area contributed by atoms with Gasteiger partial charge in [0, 0.05) is 30.7 Å². The summed E-state index contributed by atoms with van der Waals surface area (Å²) in [4.78, 5) is 4.09. The van der Waals surface area contributed by atoms with Gasteiger partial charge in [0.15, 0.2) is 0 Å². The SMILES string of the molecule is Cc1c(-c2cccnc2)nn(C)c1C. The van der Waals surface area contributed by atoms with Gasteiger partial charge >= 0.3 is 0 Å². The lowest BCUT2D eigenvalue weighted by Crippen LogP contribution is -1.92. The molecule has 0 aliphatic rings. The van der Waals surface area contributed by atoms with Crippen LogP contribution in [0, 0.1) is 13.8 Å². The molecule has 0 radical (unpaired) electrons. The van der Waals surface area contributed by atoms with Crippen LogP contribution in [0.4, 0.5) is 0 Å². The maximum absolute atomic E-state index is 4.46. The molecule has 2 heterocycles. The van der Waals surface area contributed by atoms with Gasteiger partial charge < -0.3 is 0 Å². The van der Waals surface area contributed by atoms with Crippen molar-refractivity contribution in [2.24, 2.45) is 7.05 Å². The smallest absolute Gasteiger partial charge is 0.0970 e. The van der Waals surface area contributed by atoms with Crippen molar-refractivity contribution in [3.8, 4) is 11.3 Å². The Balaban J connectivity index is 2.58. The number of hydrogen-bond acceptors (Lipinski definition) is 2. The molecular formula is C11H13N3. The standard InChI is InChI=1S/C11H13N3/c1-8-9(2)14(3)13-11(8)10-5-4-6-12-7-10/h4-7H,1-3H3. The van der Waals surface area contributed by atoms with Gasteiger partial charge in [-0.15, -0.1) is 0 Å². The van der Waals surface area contributed by atoms with Crippen molar-refractivity contribution in [1.82, 2.24) is 14.8 Å². The highest BCUT2D eigenvalue weighted by molar-refractivity contribution is 5.62. The zero-order valence-electron chi connectivity index (χ0n) is 8.65. The minimum atomic E-state index is 1.03. The molecule has 0 aromatic carbocycles. The molecule has 3 heteroatoms. The predicted octanol–water partition coefficient (Wildman–Crippen LogP) is 2.10. The predicted molar refractivity (Wildman–Crippen MR) is 55.9 cm³/mol. The summed E-state index contributed by atoms with van der Waals surface area (Å²) in [5, 5.41) is 4.46. The number of pyridine rings is 1. The average molecular weight is 187 g/mol. The zero-order valence-corrected chi connectivity index (χ0v) is 8.65. The third-order valence-electron chi connectivity index (χ3n) is 2.57. The van der Waals surface area contributed by atoms with Crippen LogP contribution in [0.25, 0.3) is 11.3 Å². The Kier molecular flexibility index (Phi) is 2.08. The molecule has 0 aliphatic carbocycles. The average Bonchev–Trinajstić information content (AvgIpc) is 2.47. The molecule has 2 rings (SSSR count). The van der Waals surface area contributed by atoms with Gasteiger partial charge in [0.1, 0.15) is 0 Å². The Hall–Kier alpha value is -1.64. The number of nitrogens with zero attached hydrogens (tertiary/aromatic N) is 3. The molecule has 2 aromatic heterocycles. The third-order valence-corrected chi connectivity index (χ3v) is 2.57. The molecule has 0 saturated heterocycles. The molecule has 0 aliphatic heterocycles. The summed E-state index contributed by atoms with van der Waals surface area (Å²) in [5.41, 5.74) is 4.52. The van der Waals surface area contributed by atoms with Crippen molar-refractivity contribution >= 4 is 0 Å². The number of aromatic nitrogens is 3. The summed E-state index contributed by atoms with van der Waals surface area (Å²) in [5.74, 6) is 0. The second-order valence-electron chi connectivity index (χ2n) is 3.42. The number of rotatable bonds is 1. The second-order valence-corrected chi connectivity index (χ2v) is 3.42. The molecule has 0 bridgehead atoms. The van der Waals surface area contributed by atoms with Crippen LogP contribution in [0.2, 0.25) is 0 Å². The first-order valence-corrected chi connectivity index (χ1v) is 4.60. The topological polar surface area (TPSA) is 30.7 Å². The lowest BCUT2D eigenvalue weighted by molar-refractivity contribution is 0.741. The molecular weight excluding hydrogens is 174 g/mol. The maximum atomic E-state index is 4.46. The molecule has 0 spiro atoms. The van der Waals surface area contributed by atoms with E-state index >= 15 is 0 Å². The largest absolute Gasteiger partial charge is 0.272 e. The second kappa shape index (κ2) is 3.25. The number of hydrogen-bond donors (Lipinski definition) is 0. The van der Waals surface area contributed by atoms with E-state index in [2.05, 4.69) is 23.9 Å². The summed E-state index contributed by atoms with van der Waals surface area (Å²) in [6.07, 6.45) is 3.61. The van der Waals surface area contributed by atoms with Crippen LogP contribution < -0.4 is 0 Å². The molecule has 0 atom stereocenters. The van der Waals surface area contributed by atoms with Crippen LogP contribution in [-0.2, 0) is 7.05 Å². The number of aryl methyl sites for hydroxylation is 1. The maximum Gasteiger partial charge on any atom is 0.0970 e. The molecule has 3 nitrogen and oxygen atoms in total. The van der Waals surface area contributed by atoms with E-state index in [1.54, 1.807) is 6.20 Å². The highest BCUT2D eigenvalue weighted by Crippen LogP contribution is 2.22. The fourth-order valence-corrected chi connectivity index (χ4v) is 1.49. The van der Waals surface area contributed by atoms with Crippen molar-refractivity contribution in [1.29, 1.82) is 0 Å². The van der Waals surface area contributed by atoms with Gasteiger partial charge in [-0.2, -0.15) is 5.10 Å². The van der Waals surface area contributed by atoms with E-state index in [4.69, 9.17) is 0 Å². The summed E-state index contributed by atoms with van der Waals surface area (Å²) in [6, 6.07) is 3.96. The Morgan fingerprint density at radius 1 is 1.29 bits per heavy atom. The Bertz CT molecular complexity index is 443. The van der Waals surface area contributed by atoms with Crippen molar-refractivity contribution < 1.29 is 0 Å². The molecule has 2 aromatic rings. The van der Waals surface area contributed by atoms with Crippen molar-refractivity contribution in [3.63, 3.8) is 0 Å². The Morgan fingerprint density at radius 3 is 2.57 bits per heavy atom. The van der Waals surface area contributed by atoms with Crippen LogP contribution in [0.1, 0.15) is 11.3 Å². The minimum absolute atomic E-state index is 1.03. The molecule has 0 N–H and O–H groups in total. The van der Waals surface area contributed by atoms with Gasteiger partial charge in [0.25, 0.3) is 0 Å². The molecule has 0 amide bonds. The molecule has 14 heavy (non-hydrogen) atoms. The first-order chi connectivity index (χ1) is 6.70. The summed E-state index contributed by atoms with van der Waals surface area (Å²) >= 11 is 0. The van der Waals surface area contributed by atoms with Crippen molar-refractivity contribution in [3.05, 3.63) is 35.8 Å². The van der Waals surface area contributed by atoms with Crippen molar-refractivity contribution in [2.75, 3.05) is 0 Å². The van der Waals surface area contributed by atoms with Gasteiger partial charge in [0.2, 0.25) is 0 Å². The summed E-state index contributed by atoms with van der Waals surface area (Å²) in [6.45, 7) is 4.16. The van der Waals surface area contributed by atoms with Gasteiger partial charge in [-0.1, -0.05) is 0 Å². The van der Waals surface area contributed by atoms with Crippen LogP contribution in [-0.4, -0.2) is 14.8 Å². The molecule has 0 saturated carbocycles. The highest BCUT2D eigenvalue weighted by atomic mass is 15.3. The third kappa shape index (κ3) is 1.31. The van der Waals surface area contributed by atoms with E-state index in [0.717, 1.165) is 11.3 Å². The molecule has 0 fully saturated rings. The minimum Gasteiger partial charge on any atom is -0.272 e. The lowest BCUT2D eigenvalue weighted by atomic mass is 10.1.